The summed E-state index contributed by atoms with van der Waals surface area (Å²) in [7, 11) is 0. The normalized spacial score (nSPS) is 21.0. The quantitative estimate of drug-likeness (QED) is 0.429. The van der Waals surface area contributed by atoms with Gasteiger partial charge in [0.25, 0.3) is 0 Å². The molecule has 0 unspecified atom stereocenters. The van der Waals surface area contributed by atoms with E-state index in [1.54, 1.807) is 11.9 Å². The Morgan fingerprint density at radius 2 is 2.67 bits per heavy atom. The van der Waals surface area contributed by atoms with Gasteiger partial charge in [-0.25, -0.2) is 4.72 Å². The summed E-state index contributed by atoms with van der Waals surface area (Å²) < 4.78 is 2.98. The summed E-state index contributed by atoms with van der Waals surface area (Å²) in [5, 5.41) is 3.99. The molecule has 0 spiro atoms. The van der Waals surface area contributed by atoms with Crippen molar-refractivity contribution in [2.45, 2.75) is 0 Å². The van der Waals surface area contributed by atoms with Crippen LogP contribution in [-0.2, 0) is 0 Å². The predicted octanol–water partition coefficient (Wildman–Crippen LogP) is 0.256. The molecular weight excluding hydrogens is 96.1 g/mol. The second-order valence-electron chi connectivity index (χ2n) is 1.02. The van der Waals surface area contributed by atoms with Gasteiger partial charge in [0.1, 0.15) is 0 Å². The molecule has 0 amide bonds. The van der Waals surface area contributed by atoms with Crippen LogP contribution in [0.4, 0.5) is 0 Å². The van der Waals surface area contributed by atoms with E-state index in [0.717, 1.165) is 11.7 Å². The molecule has 34 valence electrons. The van der Waals surface area contributed by atoms with Gasteiger partial charge >= 0.3 is 0 Å². The van der Waals surface area contributed by atoms with Gasteiger partial charge in [-0.3, -0.25) is 0 Å². The summed E-state index contributed by atoms with van der Waals surface area (Å²) >= 11 is 1.54. The molecule has 0 aromatic heterocycles. The van der Waals surface area contributed by atoms with Crippen molar-refractivity contribution >= 4 is 11.9 Å². The van der Waals surface area contributed by atoms with Crippen molar-refractivity contribution in [3.05, 3.63) is 11.6 Å². The smallest absolute Gasteiger partial charge is 0.0772 e. The van der Waals surface area contributed by atoms with Crippen LogP contribution < -0.4 is 10.0 Å². The third-order valence-electron chi connectivity index (χ3n) is 0.553. The predicted molar refractivity (Wildman–Crippen MR) is 27.9 cm³/mol. The molecule has 0 atom stereocenters. The van der Waals surface area contributed by atoms with Gasteiger partial charge in [0.2, 0.25) is 0 Å². The van der Waals surface area contributed by atoms with Crippen LogP contribution in [0, 0.1) is 0 Å². The standard InChI is InChI=1S/C3H6N2S/c1-3-4-2-5-6-3/h4-5H,1-2H2. The van der Waals surface area contributed by atoms with Crippen molar-refractivity contribution in [3.63, 3.8) is 0 Å². The van der Waals surface area contributed by atoms with Crippen molar-refractivity contribution < 1.29 is 0 Å². The van der Waals surface area contributed by atoms with Crippen LogP contribution >= 0.6 is 11.9 Å². The first-order valence-electron chi connectivity index (χ1n) is 1.72. The van der Waals surface area contributed by atoms with E-state index in [1.165, 1.54) is 0 Å². The highest BCUT2D eigenvalue weighted by molar-refractivity contribution is 8.01. The fourth-order valence-electron chi connectivity index (χ4n) is 0.294. The lowest BCUT2D eigenvalue weighted by molar-refractivity contribution is 0.864. The molecule has 0 saturated carbocycles. The summed E-state index contributed by atoms with van der Waals surface area (Å²) in [5.41, 5.74) is 0. The van der Waals surface area contributed by atoms with E-state index in [9.17, 15) is 0 Å². The van der Waals surface area contributed by atoms with Gasteiger partial charge in [-0.2, -0.15) is 0 Å². The Kier molecular flexibility index (Phi) is 1.03. The maximum atomic E-state index is 3.64. The fraction of sp³-hybridized carbons (Fsp3) is 0.333. The van der Waals surface area contributed by atoms with Crippen LogP contribution in [0.25, 0.3) is 0 Å². The first-order chi connectivity index (χ1) is 2.89. The molecule has 1 fully saturated rings. The van der Waals surface area contributed by atoms with E-state index in [1.807, 2.05) is 0 Å². The van der Waals surface area contributed by atoms with E-state index in [0.29, 0.717) is 0 Å². The molecule has 0 radical (unpaired) electrons. The van der Waals surface area contributed by atoms with Gasteiger partial charge in [-0.15, -0.1) is 0 Å². The van der Waals surface area contributed by atoms with Crippen LogP contribution in [0.1, 0.15) is 0 Å². The highest BCUT2D eigenvalue weighted by atomic mass is 32.2. The number of hydrogen-bond acceptors (Lipinski definition) is 3. The number of rotatable bonds is 0. The molecule has 2 nitrogen and oxygen atoms in total. The first-order valence-corrected chi connectivity index (χ1v) is 2.54. The topological polar surface area (TPSA) is 24.1 Å². The second-order valence-corrected chi connectivity index (χ2v) is 2.01. The average molecular weight is 102 g/mol. The monoisotopic (exact) mass is 102 g/mol. The molecule has 6 heavy (non-hydrogen) atoms. The zero-order valence-corrected chi connectivity index (χ0v) is 4.14. The SMILES string of the molecule is C=C1NCNS1. The minimum absolute atomic E-state index is 0.851. The summed E-state index contributed by atoms with van der Waals surface area (Å²) in [6.07, 6.45) is 0. The lowest BCUT2D eigenvalue weighted by Crippen LogP contribution is -2.09. The lowest BCUT2D eigenvalue weighted by Gasteiger charge is -1.83. The average Bonchev–Trinajstić information content (AvgIpc) is 1.86. The van der Waals surface area contributed by atoms with Crippen molar-refractivity contribution in [2.24, 2.45) is 0 Å². The van der Waals surface area contributed by atoms with Crippen LogP contribution in [0.15, 0.2) is 11.6 Å². The third kappa shape index (κ3) is 0.666. The van der Waals surface area contributed by atoms with Gasteiger partial charge in [0.05, 0.1) is 11.7 Å². The molecule has 0 aliphatic carbocycles. The van der Waals surface area contributed by atoms with Crippen LogP contribution in [0.3, 0.4) is 0 Å². The second kappa shape index (κ2) is 1.53. The Hall–Kier alpha value is -0.150. The molecule has 1 heterocycles. The van der Waals surface area contributed by atoms with Gasteiger partial charge in [0.15, 0.2) is 0 Å². The molecule has 0 aromatic rings. The van der Waals surface area contributed by atoms with Gasteiger partial charge < -0.3 is 5.32 Å². The number of nitrogens with one attached hydrogen (secondary N) is 2. The highest BCUT2D eigenvalue weighted by Gasteiger charge is 1.98. The Balaban J connectivity index is 2.37. The van der Waals surface area contributed by atoms with Crippen molar-refractivity contribution in [3.8, 4) is 0 Å². The van der Waals surface area contributed by atoms with Gasteiger partial charge in [-0.05, 0) is 11.9 Å². The van der Waals surface area contributed by atoms with Gasteiger partial charge in [-0.1, -0.05) is 6.58 Å². The fourth-order valence-corrected chi connectivity index (χ4v) is 0.757. The molecule has 1 aliphatic rings. The minimum Gasteiger partial charge on any atom is -0.366 e. The minimum atomic E-state index is 0.851. The zero-order chi connectivity index (χ0) is 4.41. The maximum Gasteiger partial charge on any atom is 0.0772 e. The van der Waals surface area contributed by atoms with E-state index in [2.05, 4.69) is 16.6 Å². The Labute approximate surface area is 41.1 Å². The van der Waals surface area contributed by atoms with E-state index in [4.69, 9.17) is 0 Å². The van der Waals surface area contributed by atoms with Crippen LogP contribution in [-0.4, -0.2) is 6.67 Å². The molecular formula is C3H6N2S. The molecule has 3 heteroatoms. The molecule has 1 rings (SSSR count). The molecule has 1 aliphatic heterocycles. The first kappa shape index (κ1) is 4.02. The van der Waals surface area contributed by atoms with E-state index >= 15 is 0 Å². The summed E-state index contributed by atoms with van der Waals surface area (Å²) in [5.74, 6) is 0. The molecule has 0 bridgehead atoms. The number of hydrogen-bond donors (Lipinski definition) is 2. The summed E-state index contributed by atoms with van der Waals surface area (Å²) in [6, 6.07) is 0. The van der Waals surface area contributed by atoms with E-state index < -0.39 is 0 Å². The summed E-state index contributed by atoms with van der Waals surface area (Å²) in [4.78, 5) is 0. The van der Waals surface area contributed by atoms with E-state index in [-0.39, 0.29) is 0 Å². The van der Waals surface area contributed by atoms with Gasteiger partial charge in [0, 0.05) is 0 Å². The maximum absolute atomic E-state index is 3.64. The highest BCUT2D eigenvalue weighted by Crippen LogP contribution is 2.07. The van der Waals surface area contributed by atoms with Crippen molar-refractivity contribution in [1.29, 1.82) is 0 Å². The summed E-state index contributed by atoms with van der Waals surface area (Å²) in [6.45, 7) is 4.49. The van der Waals surface area contributed by atoms with Crippen LogP contribution in [0.2, 0.25) is 0 Å². The van der Waals surface area contributed by atoms with Crippen molar-refractivity contribution in [1.82, 2.24) is 10.0 Å². The van der Waals surface area contributed by atoms with Crippen molar-refractivity contribution in [2.75, 3.05) is 6.67 Å². The Morgan fingerprint density at radius 1 is 1.83 bits per heavy atom. The molecule has 2 N–H and O–H groups in total. The largest absolute Gasteiger partial charge is 0.366 e. The lowest BCUT2D eigenvalue weighted by atomic mass is 10.9. The third-order valence-corrected chi connectivity index (χ3v) is 1.23. The van der Waals surface area contributed by atoms with Crippen LogP contribution in [0.5, 0.6) is 0 Å². The Bertz CT molecular complexity index is 63.2. The zero-order valence-electron chi connectivity index (χ0n) is 3.32. The molecule has 1 saturated heterocycles. The Morgan fingerprint density at radius 3 is 2.83 bits per heavy atom. The molecule has 0 aromatic carbocycles.